The van der Waals surface area contributed by atoms with Crippen LogP contribution in [0.4, 0.5) is 0 Å². The Labute approximate surface area is 103 Å². The van der Waals surface area contributed by atoms with Crippen molar-refractivity contribution in [3.8, 4) is 0 Å². The highest BCUT2D eigenvalue weighted by molar-refractivity contribution is 7.71. The summed E-state index contributed by atoms with van der Waals surface area (Å²) in [7, 11) is 0. The molecule has 17 heavy (non-hydrogen) atoms. The molecule has 1 heterocycles. The molecule has 0 amide bonds. The molecule has 1 aromatic rings. The Morgan fingerprint density at radius 2 is 1.88 bits per heavy atom. The first-order valence-corrected chi connectivity index (χ1v) is 6.10. The van der Waals surface area contributed by atoms with E-state index in [9.17, 15) is 9.59 Å². The van der Waals surface area contributed by atoms with Crippen LogP contribution < -0.4 is 5.56 Å². The summed E-state index contributed by atoms with van der Waals surface area (Å²) in [5.74, 6) is -1.09. The Hall–Kier alpha value is -1.43. The normalized spacial score (nSPS) is 16.9. The van der Waals surface area contributed by atoms with E-state index in [0.29, 0.717) is 5.69 Å². The molecule has 1 aromatic heterocycles. The molecule has 0 aromatic carbocycles. The standard InChI is InChI=1S/C11H14N2O3S/c14-9-7(10(15)16)8(12-11(17)13-9)6-4-2-1-3-5-6/h6H,1-5H2,(H,15,16)(H2,12,13,14,17). The lowest BCUT2D eigenvalue weighted by Gasteiger charge is -2.22. The fraction of sp³-hybridized carbons (Fsp3) is 0.545. The van der Waals surface area contributed by atoms with Gasteiger partial charge in [0.15, 0.2) is 4.77 Å². The van der Waals surface area contributed by atoms with Gasteiger partial charge in [-0.05, 0) is 25.1 Å². The highest BCUT2D eigenvalue weighted by Gasteiger charge is 2.24. The molecule has 6 heteroatoms. The minimum absolute atomic E-state index is 0.110. The van der Waals surface area contributed by atoms with Gasteiger partial charge in [-0.3, -0.25) is 9.78 Å². The smallest absolute Gasteiger partial charge is 0.343 e. The van der Waals surface area contributed by atoms with Crippen molar-refractivity contribution in [1.82, 2.24) is 9.97 Å². The number of aromatic nitrogens is 2. The summed E-state index contributed by atoms with van der Waals surface area (Å²) in [5, 5.41) is 9.09. The number of H-pyrrole nitrogens is 2. The fourth-order valence-electron chi connectivity index (χ4n) is 2.41. The number of aromatic carboxylic acids is 1. The Bertz CT molecular complexity index is 540. The highest BCUT2D eigenvalue weighted by Crippen LogP contribution is 2.32. The largest absolute Gasteiger partial charge is 0.477 e. The first-order valence-electron chi connectivity index (χ1n) is 5.69. The molecule has 0 atom stereocenters. The Morgan fingerprint density at radius 1 is 1.24 bits per heavy atom. The number of rotatable bonds is 2. The van der Waals surface area contributed by atoms with Gasteiger partial charge in [0.05, 0.1) is 0 Å². The molecule has 0 aliphatic heterocycles. The lowest BCUT2D eigenvalue weighted by molar-refractivity contribution is 0.0692. The average Bonchev–Trinajstić information content (AvgIpc) is 2.28. The van der Waals surface area contributed by atoms with E-state index < -0.39 is 11.5 Å². The number of carboxylic acid groups (broad SMARTS) is 1. The van der Waals surface area contributed by atoms with Gasteiger partial charge in [-0.25, -0.2) is 4.79 Å². The van der Waals surface area contributed by atoms with Crippen LogP contribution in [0.2, 0.25) is 0 Å². The van der Waals surface area contributed by atoms with Gasteiger partial charge in [0, 0.05) is 11.6 Å². The summed E-state index contributed by atoms with van der Waals surface area (Å²) in [6.45, 7) is 0. The summed E-state index contributed by atoms with van der Waals surface area (Å²) < 4.78 is 0.195. The molecular formula is C11H14N2O3S. The maximum absolute atomic E-state index is 11.6. The summed E-state index contributed by atoms with van der Waals surface area (Å²) in [6.07, 6.45) is 5.13. The molecule has 1 aliphatic carbocycles. The molecule has 92 valence electrons. The lowest BCUT2D eigenvalue weighted by atomic mass is 9.85. The third-order valence-electron chi connectivity index (χ3n) is 3.20. The molecule has 0 saturated heterocycles. The van der Waals surface area contributed by atoms with Crippen molar-refractivity contribution in [2.45, 2.75) is 38.0 Å². The number of aromatic amines is 2. The summed E-state index contributed by atoms with van der Waals surface area (Å²) in [4.78, 5) is 27.9. The number of hydrogen-bond acceptors (Lipinski definition) is 3. The molecule has 3 N–H and O–H groups in total. The van der Waals surface area contributed by atoms with Crippen molar-refractivity contribution in [2.75, 3.05) is 0 Å². The predicted octanol–water partition coefficient (Wildman–Crippen LogP) is 2.18. The summed E-state index contributed by atoms with van der Waals surface area (Å²) in [6, 6.07) is 0. The Kier molecular flexibility index (Phi) is 3.42. The zero-order chi connectivity index (χ0) is 12.4. The third kappa shape index (κ3) is 2.46. The van der Waals surface area contributed by atoms with Gasteiger partial charge in [-0.15, -0.1) is 0 Å². The average molecular weight is 254 g/mol. The van der Waals surface area contributed by atoms with Crippen LogP contribution in [0, 0.1) is 4.77 Å². The highest BCUT2D eigenvalue weighted by atomic mass is 32.1. The topological polar surface area (TPSA) is 85.9 Å². The molecule has 1 aliphatic rings. The van der Waals surface area contributed by atoms with Crippen LogP contribution in [0.15, 0.2) is 4.79 Å². The number of hydrogen-bond donors (Lipinski definition) is 3. The monoisotopic (exact) mass is 254 g/mol. The van der Waals surface area contributed by atoms with E-state index in [4.69, 9.17) is 17.3 Å². The fourth-order valence-corrected chi connectivity index (χ4v) is 2.62. The second-order valence-corrected chi connectivity index (χ2v) is 4.75. The quantitative estimate of drug-likeness (QED) is 0.706. The van der Waals surface area contributed by atoms with Gasteiger partial charge >= 0.3 is 5.97 Å². The molecule has 0 radical (unpaired) electrons. The van der Waals surface area contributed by atoms with E-state index in [2.05, 4.69) is 9.97 Å². The van der Waals surface area contributed by atoms with Crippen LogP contribution in [0.3, 0.4) is 0 Å². The van der Waals surface area contributed by atoms with Crippen molar-refractivity contribution < 1.29 is 9.90 Å². The zero-order valence-corrected chi connectivity index (χ0v) is 10.1. The van der Waals surface area contributed by atoms with Crippen LogP contribution in [-0.4, -0.2) is 21.0 Å². The molecule has 0 spiro atoms. The van der Waals surface area contributed by atoms with E-state index in [-0.39, 0.29) is 16.3 Å². The van der Waals surface area contributed by atoms with Gasteiger partial charge in [0.1, 0.15) is 5.56 Å². The van der Waals surface area contributed by atoms with Crippen LogP contribution in [0.25, 0.3) is 0 Å². The molecule has 5 nitrogen and oxygen atoms in total. The van der Waals surface area contributed by atoms with Crippen molar-refractivity contribution >= 4 is 18.2 Å². The predicted molar refractivity (Wildman–Crippen MR) is 65.0 cm³/mol. The van der Waals surface area contributed by atoms with E-state index in [0.717, 1.165) is 25.7 Å². The van der Waals surface area contributed by atoms with Crippen molar-refractivity contribution in [2.24, 2.45) is 0 Å². The van der Waals surface area contributed by atoms with Gasteiger partial charge in [0.25, 0.3) is 5.56 Å². The van der Waals surface area contributed by atoms with Crippen LogP contribution in [0.1, 0.15) is 54.1 Å². The van der Waals surface area contributed by atoms with Crippen LogP contribution in [0.5, 0.6) is 0 Å². The van der Waals surface area contributed by atoms with Gasteiger partial charge in [-0.1, -0.05) is 19.3 Å². The molecule has 2 rings (SSSR count). The van der Waals surface area contributed by atoms with Crippen LogP contribution >= 0.6 is 12.2 Å². The third-order valence-corrected chi connectivity index (χ3v) is 3.40. The van der Waals surface area contributed by atoms with Crippen molar-refractivity contribution in [1.29, 1.82) is 0 Å². The SMILES string of the molecule is O=C(O)c1c(C2CCCCC2)[nH]c(=S)[nH]c1=O. The molecule has 0 bridgehead atoms. The first kappa shape index (κ1) is 12.0. The molecule has 1 saturated carbocycles. The van der Waals surface area contributed by atoms with Crippen molar-refractivity contribution in [3.63, 3.8) is 0 Å². The van der Waals surface area contributed by atoms with E-state index in [1.807, 2.05) is 0 Å². The molecular weight excluding hydrogens is 240 g/mol. The van der Waals surface area contributed by atoms with Gasteiger partial charge in [0.2, 0.25) is 0 Å². The number of nitrogens with one attached hydrogen (secondary N) is 2. The first-order chi connectivity index (χ1) is 8.09. The van der Waals surface area contributed by atoms with E-state index >= 15 is 0 Å². The molecule has 0 unspecified atom stereocenters. The van der Waals surface area contributed by atoms with Gasteiger partial charge in [-0.2, -0.15) is 0 Å². The van der Waals surface area contributed by atoms with E-state index in [1.54, 1.807) is 0 Å². The Balaban J connectivity index is 2.54. The zero-order valence-electron chi connectivity index (χ0n) is 9.28. The maximum atomic E-state index is 11.6. The maximum Gasteiger partial charge on any atom is 0.343 e. The second kappa shape index (κ2) is 4.83. The molecule has 1 fully saturated rings. The Morgan fingerprint density at radius 3 is 2.47 bits per heavy atom. The summed E-state index contributed by atoms with van der Waals surface area (Å²) in [5.41, 5.74) is -0.307. The summed E-state index contributed by atoms with van der Waals surface area (Å²) >= 11 is 4.90. The number of carboxylic acids is 1. The van der Waals surface area contributed by atoms with Gasteiger partial charge < -0.3 is 10.1 Å². The minimum atomic E-state index is -1.20. The lowest BCUT2D eigenvalue weighted by Crippen LogP contribution is -2.24. The van der Waals surface area contributed by atoms with E-state index in [1.165, 1.54) is 6.42 Å². The second-order valence-electron chi connectivity index (χ2n) is 4.34. The van der Waals surface area contributed by atoms with Crippen LogP contribution in [-0.2, 0) is 0 Å². The minimum Gasteiger partial charge on any atom is -0.477 e. The number of carbonyl (C=O) groups is 1. The van der Waals surface area contributed by atoms with Crippen molar-refractivity contribution in [3.05, 3.63) is 26.4 Å².